The Bertz CT molecular complexity index is 121. The van der Waals surface area contributed by atoms with Crippen LogP contribution in [-0.4, -0.2) is 5.97 Å². The summed E-state index contributed by atoms with van der Waals surface area (Å²) in [6.45, 7) is 0. The fourth-order valence-corrected chi connectivity index (χ4v) is 0.0884. The molecular weight excluding hydrogens is 96.0 g/mol. The third-order valence-corrected chi connectivity index (χ3v) is 0.281. The van der Waals surface area contributed by atoms with Crippen LogP contribution in [0.5, 0.6) is 0 Å². The van der Waals surface area contributed by atoms with Crippen molar-refractivity contribution in [2.45, 2.75) is 0 Å². The molecule has 0 aromatic heterocycles. The summed E-state index contributed by atoms with van der Waals surface area (Å²) in [5, 5.41) is 0. The molecule has 0 unspecified atom stereocenters. The highest BCUT2D eigenvalue weighted by Crippen LogP contribution is 1.58. The van der Waals surface area contributed by atoms with Crippen molar-refractivity contribution in [3.63, 3.8) is 0 Å². The molecule has 0 radical (unpaired) electrons. The first-order chi connectivity index (χ1) is 3.31. The van der Waals surface area contributed by atoms with E-state index in [-0.39, 0.29) is 0 Å². The quantitative estimate of drug-likeness (QED) is 0.216. The lowest BCUT2D eigenvalue weighted by atomic mass is 10.7. The first-order valence-corrected chi connectivity index (χ1v) is 1.43. The second-order valence-corrected chi connectivity index (χ2v) is 0.675. The Balaban J connectivity index is 3.52. The highest BCUT2D eigenvalue weighted by atomic mass is 16.7. The predicted molar refractivity (Wildman–Crippen MR) is 22.2 cm³/mol. The highest BCUT2D eigenvalue weighted by Gasteiger charge is 1.86. The van der Waals surface area contributed by atoms with Gasteiger partial charge in [0.15, 0.2) is 0 Å². The maximum atomic E-state index is 9.81. The molecule has 0 spiro atoms. The molecule has 0 saturated carbocycles. The van der Waals surface area contributed by atoms with Crippen LogP contribution in [0.2, 0.25) is 0 Å². The third-order valence-electron chi connectivity index (χ3n) is 0.281. The van der Waals surface area contributed by atoms with E-state index in [9.17, 15) is 4.79 Å². The predicted octanol–water partition coefficient (Wildman–Crippen LogP) is -1.68. The van der Waals surface area contributed by atoms with Crippen LogP contribution in [0.15, 0.2) is 0 Å². The van der Waals surface area contributed by atoms with Gasteiger partial charge in [-0.15, -0.1) is 0 Å². The summed E-state index contributed by atoms with van der Waals surface area (Å²) in [6, 6.07) is 1.81. The van der Waals surface area contributed by atoms with Crippen molar-refractivity contribution in [3.8, 4) is 12.0 Å². The molecule has 4 N–H and O–H groups in total. The van der Waals surface area contributed by atoms with Gasteiger partial charge in [0.05, 0.1) is 0 Å². The fraction of sp³-hybridized carbons (Fsp3) is 0. The molecule has 0 aliphatic heterocycles. The SMILES string of the molecule is NC#CC(=O)ON. The lowest BCUT2D eigenvalue weighted by Crippen LogP contribution is -2.06. The number of carbonyl (C=O) groups excluding carboxylic acids is 1. The van der Waals surface area contributed by atoms with E-state index in [0.717, 1.165) is 0 Å². The lowest BCUT2D eigenvalue weighted by Gasteiger charge is -1.79. The van der Waals surface area contributed by atoms with E-state index in [1.807, 2.05) is 12.0 Å². The Morgan fingerprint density at radius 2 is 2.29 bits per heavy atom. The van der Waals surface area contributed by atoms with Crippen LogP contribution < -0.4 is 11.6 Å². The van der Waals surface area contributed by atoms with Crippen molar-refractivity contribution in [1.29, 1.82) is 0 Å². The molecule has 0 rings (SSSR count). The second-order valence-electron chi connectivity index (χ2n) is 0.675. The van der Waals surface area contributed by atoms with E-state index in [0.29, 0.717) is 0 Å². The van der Waals surface area contributed by atoms with Crippen LogP contribution >= 0.6 is 0 Å². The van der Waals surface area contributed by atoms with Crippen molar-refractivity contribution in [2.75, 3.05) is 0 Å². The molecule has 0 heterocycles. The molecule has 0 atom stereocenters. The minimum absolute atomic E-state index is 0.831. The monoisotopic (exact) mass is 100 g/mol. The average Bonchev–Trinajstić information content (AvgIpc) is 1.68. The lowest BCUT2D eigenvalue weighted by molar-refractivity contribution is -0.137. The molecule has 0 aromatic rings. The summed E-state index contributed by atoms with van der Waals surface area (Å²) in [6.07, 6.45) is 0. The van der Waals surface area contributed by atoms with Crippen molar-refractivity contribution in [2.24, 2.45) is 11.6 Å². The number of rotatable bonds is 0. The summed E-state index contributed by atoms with van der Waals surface area (Å²) in [5.74, 6) is 5.36. The Morgan fingerprint density at radius 1 is 1.71 bits per heavy atom. The van der Waals surface area contributed by atoms with Crippen molar-refractivity contribution in [1.82, 2.24) is 0 Å². The van der Waals surface area contributed by atoms with Crippen LogP contribution in [-0.2, 0) is 9.63 Å². The van der Waals surface area contributed by atoms with Gasteiger partial charge in [-0.25, -0.2) is 4.79 Å². The molecule has 0 aliphatic rings. The average molecular weight is 100 g/mol. The molecule has 0 aliphatic carbocycles. The molecular formula is C3H4N2O2. The number of carbonyl (C=O) groups is 1. The summed E-state index contributed by atoms with van der Waals surface area (Å²) in [7, 11) is 0. The van der Waals surface area contributed by atoms with E-state index in [1.54, 1.807) is 0 Å². The summed E-state index contributed by atoms with van der Waals surface area (Å²) >= 11 is 0. The van der Waals surface area contributed by atoms with Gasteiger partial charge in [0.25, 0.3) is 0 Å². The Kier molecular flexibility index (Phi) is 2.48. The zero-order valence-corrected chi connectivity index (χ0v) is 3.47. The van der Waals surface area contributed by atoms with E-state index >= 15 is 0 Å². The van der Waals surface area contributed by atoms with Gasteiger partial charge in [0.2, 0.25) is 0 Å². The smallest absolute Gasteiger partial charge is 0.363 e. The number of hydrogen-bond donors (Lipinski definition) is 2. The third kappa shape index (κ3) is 2.60. The highest BCUT2D eigenvalue weighted by molar-refractivity contribution is 5.87. The topological polar surface area (TPSA) is 78.3 Å². The van der Waals surface area contributed by atoms with Crippen molar-refractivity contribution in [3.05, 3.63) is 0 Å². The van der Waals surface area contributed by atoms with Crippen molar-refractivity contribution < 1.29 is 9.63 Å². The first-order valence-electron chi connectivity index (χ1n) is 1.43. The molecule has 7 heavy (non-hydrogen) atoms. The van der Waals surface area contributed by atoms with Gasteiger partial charge >= 0.3 is 5.97 Å². The molecule has 4 heteroatoms. The molecule has 4 nitrogen and oxygen atoms in total. The zero-order chi connectivity index (χ0) is 5.70. The normalized spacial score (nSPS) is 5.86. The Labute approximate surface area is 40.4 Å². The van der Waals surface area contributed by atoms with Crippen molar-refractivity contribution >= 4 is 5.97 Å². The van der Waals surface area contributed by atoms with Gasteiger partial charge < -0.3 is 10.6 Å². The fourth-order valence-electron chi connectivity index (χ4n) is 0.0884. The Morgan fingerprint density at radius 3 is 2.43 bits per heavy atom. The van der Waals surface area contributed by atoms with Gasteiger partial charge in [-0.1, -0.05) is 0 Å². The second kappa shape index (κ2) is 3.00. The molecule has 0 saturated heterocycles. The van der Waals surface area contributed by atoms with Crippen LogP contribution in [0.3, 0.4) is 0 Å². The summed E-state index contributed by atoms with van der Waals surface area (Å²) in [5.41, 5.74) is 4.59. The van der Waals surface area contributed by atoms with Crippen LogP contribution in [0.25, 0.3) is 0 Å². The minimum Gasteiger partial charge on any atom is -0.363 e. The molecule has 38 valence electrons. The first kappa shape index (κ1) is 5.79. The van der Waals surface area contributed by atoms with Gasteiger partial charge in [-0.3, -0.25) is 0 Å². The van der Waals surface area contributed by atoms with Gasteiger partial charge in [-0.05, 0) is 0 Å². The number of nitrogens with two attached hydrogens (primary N) is 2. The maximum Gasteiger partial charge on any atom is 0.404 e. The molecule has 0 fully saturated rings. The van der Waals surface area contributed by atoms with E-state index in [4.69, 9.17) is 0 Å². The standard InChI is InChI=1S/C3H4N2O2/c4-2-1-3(6)7-5/h4-5H2. The van der Waals surface area contributed by atoms with E-state index < -0.39 is 5.97 Å². The Hall–Kier alpha value is -1.21. The van der Waals surface area contributed by atoms with E-state index in [2.05, 4.69) is 16.5 Å². The zero-order valence-electron chi connectivity index (χ0n) is 3.47. The molecule has 0 bridgehead atoms. The van der Waals surface area contributed by atoms with Crippen LogP contribution in [0, 0.1) is 12.0 Å². The largest absolute Gasteiger partial charge is 0.404 e. The number of hydrogen-bond acceptors (Lipinski definition) is 4. The summed E-state index contributed by atoms with van der Waals surface area (Å²) < 4.78 is 0. The van der Waals surface area contributed by atoms with Gasteiger partial charge in [-0.2, -0.15) is 5.90 Å². The van der Waals surface area contributed by atoms with Crippen LogP contribution in [0.4, 0.5) is 0 Å². The molecule has 0 aromatic carbocycles. The van der Waals surface area contributed by atoms with Gasteiger partial charge in [0.1, 0.15) is 0 Å². The van der Waals surface area contributed by atoms with Gasteiger partial charge in [0, 0.05) is 12.0 Å². The minimum atomic E-state index is -0.831. The van der Waals surface area contributed by atoms with Crippen LogP contribution in [0.1, 0.15) is 0 Å². The summed E-state index contributed by atoms with van der Waals surface area (Å²) in [4.78, 5) is 13.4. The molecule has 0 amide bonds. The maximum absolute atomic E-state index is 9.81. The van der Waals surface area contributed by atoms with E-state index in [1.165, 1.54) is 0 Å².